The zero-order valence-electron chi connectivity index (χ0n) is 8.81. The van der Waals surface area contributed by atoms with E-state index >= 15 is 0 Å². The molecule has 0 aliphatic rings. The first-order valence-corrected chi connectivity index (χ1v) is 5.88. The number of carboxylic acid groups (broad SMARTS) is 1. The Morgan fingerprint density at radius 3 is 2.65 bits per heavy atom. The summed E-state index contributed by atoms with van der Waals surface area (Å²) in [5, 5.41) is 8.91. The summed E-state index contributed by atoms with van der Waals surface area (Å²) in [6.07, 6.45) is 0. The third-order valence-electron chi connectivity index (χ3n) is 2.34. The monoisotopic (exact) mass is 269 g/mol. The van der Waals surface area contributed by atoms with E-state index in [0.717, 1.165) is 10.9 Å². The van der Waals surface area contributed by atoms with Gasteiger partial charge in [0, 0.05) is 13.1 Å². The molecule has 2 aromatic rings. The molecule has 88 valence electrons. The van der Waals surface area contributed by atoms with Gasteiger partial charge in [-0.25, -0.2) is 4.79 Å². The Bertz CT molecular complexity index is 644. The molecule has 0 saturated carbocycles. The minimum atomic E-state index is -1.12. The van der Waals surface area contributed by atoms with Crippen molar-refractivity contribution in [2.45, 2.75) is 0 Å². The Morgan fingerprint density at radius 2 is 2.12 bits per heavy atom. The van der Waals surface area contributed by atoms with Gasteiger partial charge in [0.05, 0.1) is 20.5 Å². The molecule has 0 saturated heterocycles. The zero-order valence-corrected chi connectivity index (χ0v) is 10.4. The third-order valence-corrected chi connectivity index (χ3v) is 3.59. The number of hydrogen-bond donors (Lipinski definition) is 1. The molecule has 0 atom stereocenters. The van der Waals surface area contributed by atoms with Crippen molar-refractivity contribution in [3.63, 3.8) is 0 Å². The summed E-state index contributed by atoms with van der Waals surface area (Å²) in [7, 11) is 1.59. The standard InChI is InChI=1S/C11H8ClNO3S/c1-13-7(8-2-3-9(12)17-8)4-6(11(15)16)5-10(13)14/h2-5H,1H3,(H,15,16). The Labute approximate surface area is 106 Å². The van der Waals surface area contributed by atoms with Crippen molar-refractivity contribution in [2.75, 3.05) is 0 Å². The molecule has 0 spiro atoms. The Balaban J connectivity index is 2.68. The lowest BCUT2D eigenvalue weighted by molar-refractivity contribution is 0.0696. The summed E-state index contributed by atoms with van der Waals surface area (Å²) >= 11 is 7.12. The number of nitrogens with zero attached hydrogens (tertiary/aromatic N) is 1. The Hall–Kier alpha value is -1.59. The number of thiophene rings is 1. The van der Waals surface area contributed by atoms with E-state index in [1.807, 2.05) is 0 Å². The van der Waals surface area contributed by atoms with Gasteiger partial charge in [-0.1, -0.05) is 11.6 Å². The highest BCUT2D eigenvalue weighted by atomic mass is 35.5. The topological polar surface area (TPSA) is 59.3 Å². The number of pyridine rings is 1. The normalized spacial score (nSPS) is 10.5. The number of aromatic carboxylic acids is 1. The highest BCUT2D eigenvalue weighted by Crippen LogP contribution is 2.30. The van der Waals surface area contributed by atoms with Crippen LogP contribution in [0.2, 0.25) is 4.34 Å². The molecule has 0 aromatic carbocycles. The number of hydrogen-bond acceptors (Lipinski definition) is 3. The van der Waals surface area contributed by atoms with Crippen LogP contribution in [0.15, 0.2) is 29.1 Å². The van der Waals surface area contributed by atoms with Crippen molar-refractivity contribution >= 4 is 28.9 Å². The zero-order chi connectivity index (χ0) is 12.6. The molecule has 2 rings (SSSR count). The average molecular weight is 270 g/mol. The number of carboxylic acids is 1. The summed E-state index contributed by atoms with van der Waals surface area (Å²) in [4.78, 5) is 23.3. The smallest absolute Gasteiger partial charge is 0.335 e. The number of halogens is 1. The molecule has 1 N–H and O–H groups in total. The van der Waals surface area contributed by atoms with Crippen LogP contribution in [0.5, 0.6) is 0 Å². The van der Waals surface area contributed by atoms with Gasteiger partial charge in [0.15, 0.2) is 0 Å². The molecule has 0 fully saturated rings. The van der Waals surface area contributed by atoms with Gasteiger partial charge in [0.2, 0.25) is 0 Å². The van der Waals surface area contributed by atoms with Gasteiger partial charge >= 0.3 is 5.97 Å². The molecule has 6 heteroatoms. The van der Waals surface area contributed by atoms with Gasteiger partial charge in [0.25, 0.3) is 5.56 Å². The van der Waals surface area contributed by atoms with E-state index < -0.39 is 5.97 Å². The van der Waals surface area contributed by atoms with Crippen molar-refractivity contribution in [3.05, 3.63) is 44.5 Å². The summed E-state index contributed by atoms with van der Waals surface area (Å²) in [5.41, 5.74) is 0.170. The fourth-order valence-electron chi connectivity index (χ4n) is 1.45. The van der Waals surface area contributed by atoms with Crippen LogP contribution < -0.4 is 5.56 Å². The molecule has 0 amide bonds. The van der Waals surface area contributed by atoms with Gasteiger partial charge in [-0.2, -0.15) is 0 Å². The molecule has 4 nitrogen and oxygen atoms in total. The summed E-state index contributed by atoms with van der Waals surface area (Å²) in [5.74, 6) is -1.12. The van der Waals surface area contributed by atoms with Crippen molar-refractivity contribution in [1.82, 2.24) is 4.57 Å². The van der Waals surface area contributed by atoms with Crippen LogP contribution in [0, 0.1) is 0 Å². The highest BCUT2D eigenvalue weighted by molar-refractivity contribution is 7.19. The van der Waals surface area contributed by atoms with Gasteiger partial charge in [-0.3, -0.25) is 4.79 Å². The first kappa shape index (κ1) is 11.9. The second kappa shape index (κ2) is 4.35. The predicted octanol–water partition coefficient (Wildman–Crippen LogP) is 2.47. The second-order valence-electron chi connectivity index (χ2n) is 3.44. The first-order chi connectivity index (χ1) is 7.99. The summed E-state index contributed by atoms with van der Waals surface area (Å²) in [6.45, 7) is 0. The molecule has 0 unspecified atom stereocenters. The molecule has 0 radical (unpaired) electrons. The maximum atomic E-state index is 11.6. The summed E-state index contributed by atoms with van der Waals surface area (Å²) < 4.78 is 1.99. The van der Waals surface area contributed by atoms with E-state index in [2.05, 4.69) is 0 Å². The lowest BCUT2D eigenvalue weighted by Gasteiger charge is -2.06. The quantitative estimate of drug-likeness (QED) is 0.911. The van der Waals surface area contributed by atoms with Crippen LogP contribution in [0.1, 0.15) is 10.4 Å². The highest BCUT2D eigenvalue weighted by Gasteiger charge is 2.11. The molecule has 17 heavy (non-hydrogen) atoms. The summed E-state index contributed by atoms with van der Waals surface area (Å²) in [6, 6.07) is 6.03. The molecule has 0 aliphatic carbocycles. The second-order valence-corrected chi connectivity index (χ2v) is 5.15. The van der Waals surface area contributed by atoms with E-state index in [0.29, 0.717) is 10.0 Å². The minimum absolute atomic E-state index is 0.0207. The lowest BCUT2D eigenvalue weighted by Crippen LogP contribution is -2.19. The number of aromatic nitrogens is 1. The van der Waals surface area contributed by atoms with Crippen molar-refractivity contribution in [2.24, 2.45) is 7.05 Å². The van der Waals surface area contributed by atoms with Crippen LogP contribution in [0.4, 0.5) is 0 Å². The Morgan fingerprint density at radius 1 is 1.41 bits per heavy atom. The van der Waals surface area contributed by atoms with Gasteiger partial charge in [0.1, 0.15) is 0 Å². The molecule has 2 heterocycles. The molecular weight excluding hydrogens is 262 g/mol. The maximum Gasteiger partial charge on any atom is 0.335 e. The van der Waals surface area contributed by atoms with E-state index in [4.69, 9.17) is 16.7 Å². The van der Waals surface area contributed by atoms with E-state index in [1.165, 1.54) is 22.0 Å². The van der Waals surface area contributed by atoms with Crippen LogP contribution >= 0.6 is 22.9 Å². The minimum Gasteiger partial charge on any atom is -0.478 e. The molecule has 2 aromatic heterocycles. The number of carbonyl (C=O) groups is 1. The Kier molecular flexibility index (Phi) is 3.04. The van der Waals surface area contributed by atoms with E-state index in [-0.39, 0.29) is 11.1 Å². The van der Waals surface area contributed by atoms with Gasteiger partial charge in [-0.15, -0.1) is 11.3 Å². The van der Waals surface area contributed by atoms with E-state index in [9.17, 15) is 9.59 Å². The van der Waals surface area contributed by atoms with Crippen molar-refractivity contribution in [1.29, 1.82) is 0 Å². The first-order valence-electron chi connectivity index (χ1n) is 4.69. The maximum absolute atomic E-state index is 11.6. The van der Waals surface area contributed by atoms with Gasteiger partial charge in [-0.05, 0) is 18.2 Å². The van der Waals surface area contributed by atoms with E-state index in [1.54, 1.807) is 19.2 Å². The van der Waals surface area contributed by atoms with Crippen LogP contribution in [0.25, 0.3) is 10.6 Å². The third kappa shape index (κ3) is 2.25. The SMILES string of the molecule is Cn1c(-c2ccc(Cl)s2)cc(C(=O)O)cc1=O. The largest absolute Gasteiger partial charge is 0.478 e. The lowest BCUT2D eigenvalue weighted by atomic mass is 10.2. The molecule has 0 bridgehead atoms. The fraction of sp³-hybridized carbons (Fsp3) is 0.0909. The average Bonchev–Trinajstić information content (AvgIpc) is 2.68. The van der Waals surface area contributed by atoms with Crippen LogP contribution in [0.3, 0.4) is 0 Å². The van der Waals surface area contributed by atoms with Crippen molar-refractivity contribution < 1.29 is 9.90 Å². The molecule has 0 aliphatic heterocycles. The van der Waals surface area contributed by atoms with Crippen LogP contribution in [-0.2, 0) is 7.05 Å². The van der Waals surface area contributed by atoms with Crippen molar-refractivity contribution in [3.8, 4) is 10.6 Å². The predicted molar refractivity (Wildman–Crippen MR) is 67.0 cm³/mol. The van der Waals surface area contributed by atoms with Gasteiger partial charge < -0.3 is 9.67 Å². The van der Waals surface area contributed by atoms with Crippen LogP contribution in [-0.4, -0.2) is 15.6 Å². The number of rotatable bonds is 2. The molecular formula is C11H8ClNO3S. The fourth-order valence-corrected chi connectivity index (χ4v) is 2.54.